The Morgan fingerprint density at radius 3 is 1.07 bits per heavy atom. The van der Waals surface area contributed by atoms with Gasteiger partial charge >= 0.3 is 0 Å². The summed E-state index contributed by atoms with van der Waals surface area (Å²) in [5, 5.41) is 3.61. The number of fused-ring (bicyclic) bond motifs is 8. The van der Waals surface area contributed by atoms with Gasteiger partial charge < -0.3 is 24.9 Å². The third-order valence-electron chi connectivity index (χ3n) is 18.8. The average Bonchev–Trinajstić information content (AvgIpc) is 3.53. The van der Waals surface area contributed by atoms with Crippen LogP contribution in [0.5, 0.6) is 0 Å². The van der Waals surface area contributed by atoms with Gasteiger partial charge in [-0.15, -0.1) is 0 Å². The molecule has 5 nitrogen and oxygen atoms in total. The molecule has 5 saturated heterocycles. The molecule has 1 N–H and O–H groups in total. The van der Waals surface area contributed by atoms with Crippen molar-refractivity contribution in [2.45, 2.75) is 161 Å². The third kappa shape index (κ3) is 9.80. The molecule has 5 heteroatoms. The fraction of sp³-hybridized carbons (Fsp3) is 1.00. The topological polar surface area (TPSA) is 25.0 Å². The second-order valence-electron chi connectivity index (χ2n) is 23.5. The fourth-order valence-electron chi connectivity index (χ4n) is 15.8. The molecule has 12 rings (SSSR count). The van der Waals surface area contributed by atoms with Gasteiger partial charge in [0.05, 0.1) is 0 Å². The molecule has 8 unspecified atom stereocenters. The second-order valence-corrected chi connectivity index (χ2v) is 23.5. The summed E-state index contributed by atoms with van der Waals surface area (Å²) < 4.78 is 0. The molecule has 12 bridgehead atoms. The molecule has 0 amide bonds. The highest BCUT2D eigenvalue weighted by Gasteiger charge is 2.50. The van der Waals surface area contributed by atoms with Crippen LogP contribution in [-0.4, -0.2) is 112 Å². The molecule has 7 aliphatic carbocycles. The smallest absolute Gasteiger partial charge is 0.0186 e. The maximum atomic E-state index is 3.61. The zero-order valence-corrected chi connectivity index (χ0v) is 37.6. The van der Waals surface area contributed by atoms with Crippen molar-refractivity contribution in [3.8, 4) is 0 Å². The fourth-order valence-corrected chi connectivity index (χ4v) is 15.8. The van der Waals surface area contributed by atoms with Crippen molar-refractivity contribution >= 4 is 0 Å². The van der Waals surface area contributed by atoms with Gasteiger partial charge in [0, 0.05) is 56.9 Å². The molecule has 54 heavy (non-hydrogen) atoms. The Morgan fingerprint density at radius 2 is 0.759 bits per heavy atom. The molecule has 8 atom stereocenters. The summed E-state index contributed by atoms with van der Waals surface area (Å²) in [7, 11) is 11.3. The first kappa shape index (κ1) is 41.9. The molecule has 12 fully saturated rings. The molecule has 0 aromatic carbocycles. The number of rotatable bonds is 1. The van der Waals surface area contributed by atoms with Crippen molar-refractivity contribution in [2.75, 3.05) is 74.5 Å². The van der Waals surface area contributed by atoms with Crippen molar-refractivity contribution < 1.29 is 0 Å². The van der Waals surface area contributed by atoms with E-state index >= 15 is 0 Å². The second kappa shape index (κ2) is 17.6. The Morgan fingerprint density at radius 1 is 0.444 bits per heavy atom. The van der Waals surface area contributed by atoms with Crippen LogP contribution in [0.2, 0.25) is 0 Å². The van der Waals surface area contributed by atoms with Crippen LogP contribution in [0.15, 0.2) is 0 Å². The van der Waals surface area contributed by atoms with Gasteiger partial charge in [0.1, 0.15) is 0 Å². The molecule has 7 saturated carbocycles. The van der Waals surface area contributed by atoms with Gasteiger partial charge in [0.15, 0.2) is 0 Å². The van der Waals surface area contributed by atoms with Crippen molar-refractivity contribution in [2.24, 2.45) is 76.4 Å². The number of likely N-dealkylation sites (tertiary alicyclic amines) is 3. The lowest BCUT2D eigenvalue weighted by Crippen LogP contribution is -2.57. The van der Waals surface area contributed by atoms with Gasteiger partial charge in [0.25, 0.3) is 0 Å². The monoisotopic (exact) mass is 750 g/mol. The highest BCUT2D eigenvalue weighted by molar-refractivity contribution is 5.06. The van der Waals surface area contributed by atoms with Crippen LogP contribution in [0.1, 0.15) is 144 Å². The minimum Gasteiger partial charge on any atom is -0.314 e. The van der Waals surface area contributed by atoms with Crippen molar-refractivity contribution in [3.05, 3.63) is 0 Å². The molecule has 0 radical (unpaired) electrons. The Bertz CT molecular complexity index is 1060. The lowest BCUT2D eigenvalue weighted by atomic mass is 9.53. The molecule has 0 aromatic rings. The van der Waals surface area contributed by atoms with Gasteiger partial charge in [-0.1, -0.05) is 41.0 Å². The van der Waals surface area contributed by atoms with Gasteiger partial charge in [-0.3, -0.25) is 0 Å². The van der Waals surface area contributed by atoms with Crippen molar-refractivity contribution in [1.82, 2.24) is 24.9 Å². The predicted molar refractivity (Wildman–Crippen MR) is 231 cm³/mol. The van der Waals surface area contributed by atoms with Crippen LogP contribution in [0, 0.1) is 76.4 Å². The first-order chi connectivity index (χ1) is 25.7. The van der Waals surface area contributed by atoms with E-state index in [0.29, 0.717) is 11.0 Å². The van der Waals surface area contributed by atoms with Crippen LogP contribution < -0.4 is 5.32 Å². The molecule has 12 aliphatic rings. The Balaban J connectivity index is 0.000000104. The number of hydrogen-bond acceptors (Lipinski definition) is 5. The molecule has 0 spiro atoms. The summed E-state index contributed by atoms with van der Waals surface area (Å²) in [5.74, 6) is 12.5. The van der Waals surface area contributed by atoms with E-state index in [2.05, 4.69) is 94.8 Å². The van der Waals surface area contributed by atoms with Crippen LogP contribution in [0.25, 0.3) is 0 Å². The molecular weight excluding hydrogens is 659 g/mol. The van der Waals surface area contributed by atoms with Crippen LogP contribution in [-0.2, 0) is 0 Å². The van der Waals surface area contributed by atoms with E-state index in [1.165, 1.54) is 129 Å². The molecule has 0 aromatic heterocycles. The maximum Gasteiger partial charge on any atom is 0.0186 e. The summed E-state index contributed by atoms with van der Waals surface area (Å²) in [5.41, 5.74) is 1.22. The molecule has 5 heterocycles. The standard InChI is InChI=1S/C11H19N.2C10H19N.2C9H17N/c1-12-11-5-8-2-9(6-11)4-10(3-8)7-11;1-10(2)6-8-4-5-9(7-10)11(8)3;1-8-9-4-3-5-10(8)7-11(2)6-9;2*1-7-8-3-4-9(7)6-10(2)5-8/h8-10,12H,2-7H2,1H3;8-9H,4-7H2,1-3H3;8-10H,3-7H2,1-2H3;2*7-9H,3-6H2,1-2H3. The molecule has 312 valence electrons. The van der Waals surface area contributed by atoms with E-state index in [9.17, 15) is 0 Å². The van der Waals surface area contributed by atoms with Gasteiger partial charge in [-0.2, -0.15) is 0 Å². The summed E-state index contributed by atoms with van der Waals surface area (Å²) in [4.78, 5) is 10.1. The molecular formula is C49H91N5. The normalized spacial score (nSPS) is 48.3. The largest absolute Gasteiger partial charge is 0.314 e. The number of hydrogen-bond donors (Lipinski definition) is 1. The third-order valence-corrected chi connectivity index (χ3v) is 18.8. The predicted octanol–water partition coefficient (Wildman–Crippen LogP) is 9.62. The van der Waals surface area contributed by atoms with Gasteiger partial charge in [-0.25, -0.2) is 0 Å². The van der Waals surface area contributed by atoms with E-state index in [0.717, 1.165) is 83.1 Å². The minimum atomic E-state index is 0.592. The Labute approximate surface area is 336 Å². The van der Waals surface area contributed by atoms with E-state index in [1.54, 1.807) is 19.3 Å². The van der Waals surface area contributed by atoms with E-state index in [-0.39, 0.29) is 0 Å². The van der Waals surface area contributed by atoms with Crippen molar-refractivity contribution in [1.29, 1.82) is 0 Å². The first-order valence-electron chi connectivity index (χ1n) is 24.2. The Kier molecular flexibility index (Phi) is 13.6. The van der Waals surface area contributed by atoms with Gasteiger partial charge in [0.2, 0.25) is 0 Å². The quantitative estimate of drug-likeness (QED) is 0.288. The van der Waals surface area contributed by atoms with Crippen LogP contribution >= 0.6 is 0 Å². The molecule has 5 aliphatic heterocycles. The number of nitrogens with zero attached hydrogens (tertiary/aromatic N) is 4. The minimum absolute atomic E-state index is 0.592. The van der Waals surface area contributed by atoms with Gasteiger partial charge in [-0.05, 0) is 214 Å². The number of piperidine rings is 4. The summed E-state index contributed by atoms with van der Waals surface area (Å²) in [6.45, 7) is 20.3. The zero-order valence-electron chi connectivity index (χ0n) is 37.6. The lowest BCUT2D eigenvalue weighted by Gasteiger charge is -2.56. The number of nitrogens with one attached hydrogen (secondary N) is 1. The highest BCUT2D eigenvalue weighted by atomic mass is 15.2. The van der Waals surface area contributed by atoms with Crippen LogP contribution in [0.3, 0.4) is 0 Å². The average molecular weight is 750 g/mol. The first-order valence-corrected chi connectivity index (χ1v) is 24.2. The SMILES string of the molecule is CC1C2CCC1CN(C)C2.CC1C2CCC1CN(C)C2.CC1C2CCCC1CN(C)C2.CN1C2CCC1CC(C)(C)C2.CNC12CC3CC(CC(C3)C1)C2. The summed E-state index contributed by atoms with van der Waals surface area (Å²) in [6, 6.07) is 1.81. The van der Waals surface area contributed by atoms with E-state index in [1.807, 2.05) is 0 Å². The summed E-state index contributed by atoms with van der Waals surface area (Å²) >= 11 is 0. The summed E-state index contributed by atoms with van der Waals surface area (Å²) in [6.07, 6.45) is 25.3. The lowest BCUT2D eigenvalue weighted by molar-refractivity contribution is -0.0158. The highest BCUT2D eigenvalue weighted by Crippen LogP contribution is 2.55. The van der Waals surface area contributed by atoms with E-state index < -0.39 is 0 Å². The Hall–Kier alpha value is -0.200. The van der Waals surface area contributed by atoms with E-state index in [4.69, 9.17) is 0 Å². The maximum absolute atomic E-state index is 3.61. The van der Waals surface area contributed by atoms with Crippen LogP contribution in [0.4, 0.5) is 0 Å². The zero-order chi connectivity index (χ0) is 38.4. The van der Waals surface area contributed by atoms with Crippen molar-refractivity contribution in [3.63, 3.8) is 0 Å².